The van der Waals surface area contributed by atoms with Crippen LogP contribution in [0.25, 0.3) is 0 Å². The van der Waals surface area contributed by atoms with Gasteiger partial charge in [0.25, 0.3) is 5.91 Å². The highest BCUT2D eigenvalue weighted by Gasteiger charge is 2.27. The first-order valence-corrected chi connectivity index (χ1v) is 10.4. The molecule has 28 heavy (non-hydrogen) atoms. The highest BCUT2D eigenvalue weighted by Crippen LogP contribution is 2.29. The Morgan fingerprint density at radius 3 is 2.89 bits per heavy atom. The SMILES string of the molecule is CC1CN(c2ccc(C(=O)Nc3cccc(Cl)c3)cn2)CC(c2ccsc2)O1. The number of amides is 1. The van der Waals surface area contributed by atoms with Crippen molar-refractivity contribution in [1.29, 1.82) is 0 Å². The molecule has 5 nitrogen and oxygen atoms in total. The Morgan fingerprint density at radius 1 is 1.29 bits per heavy atom. The van der Waals surface area contributed by atoms with Crippen LogP contribution in [-0.4, -0.2) is 30.1 Å². The van der Waals surface area contributed by atoms with Crippen LogP contribution in [-0.2, 0) is 4.74 Å². The van der Waals surface area contributed by atoms with Crippen molar-refractivity contribution in [2.75, 3.05) is 23.3 Å². The van der Waals surface area contributed by atoms with E-state index in [9.17, 15) is 4.79 Å². The molecule has 1 aliphatic rings. The highest BCUT2D eigenvalue weighted by molar-refractivity contribution is 7.07. The van der Waals surface area contributed by atoms with Crippen LogP contribution in [0.15, 0.2) is 59.4 Å². The molecule has 0 aliphatic carbocycles. The van der Waals surface area contributed by atoms with Crippen LogP contribution in [0.5, 0.6) is 0 Å². The van der Waals surface area contributed by atoms with Gasteiger partial charge < -0.3 is 15.0 Å². The molecule has 2 unspecified atom stereocenters. The summed E-state index contributed by atoms with van der Waals surface area (Å²) in [7, 11) is 0. The number of ether oxygens (including phenoxy) is 1. The topological polar surface area (TPSA) is 54.5 Å². The summed E-state index contributed by atoms with van der Waals surface area (Å²) in [5, 5.41) is 7.60. The molecule has 3 aromatic rings. The number of nitrogens with one attached hydrogen (secondary N) is 1. The van der Waals surface area contributed by atoms with Gasteiger partial charge >= 0.3 is 0 Å². The third-order valence-electron chi connectivity index (χ3n) is 4.59. The number of benzene rings is 1. The molecule has 3 heterocycles. The van der Waals surface area contributed by atoms with Gasteiger partial charge in [0.05, 0.1) is 11.7 Å². The Labute approximate surface area is 172 Å². The van der Waals surface area contributed by atoms with Gasteiger partial charge in [-0.15, -0.1) is 0 Å². The van der Waals surface area contributed by atoms with E-state index in [2.05, 4.69) is 39.0 Å². The molecule has 144 valence electrons. The fraction of sp³-hybridized carbons (Fsp3) is 0.238. The molecule has 1 N–H and O–H groups in total. The van der Waals surface area contributed by atoms with E-state index >= 15 is 0 Å². The van der Waals surface area contributed by atoms with Crippen molar-refractivity contribution >= 4 is 40.4 Å². The molecule has 0 radical (unpaired) electrons. The summed E-state index contributed by atoms with van der Waals surface area (Å²) in [6.07, 6.45) is 1.74. The number of halogens is 1. The van der Waals surface area contributed by atoms with E-state index in [0.717, 1.165) is 18.9 Å². The number of thiophene rings is 1. The van der Waals surface area contributed by atoms with Crippen molar-refractivity contribution in [1.82, 2.24) is 4.98 Å². The van der Waals surface area contributed by atoms with E-state index in [-0.39, 0.29) is 18.1 Å². The monoisotopic (exact) mass is 413 g/mol. The Bertz CT molecular complexity index is 947. The zero-order valence-corrected chi connectivity index (χ0v) is 16.9. The second-order valence-electron chi connectivity index (χ2n) is 6.77. The Balaban J connectivity index is 1.45. The average Bonchev–Trinajstić information content (AvgIpc) is 3.22. The molecule has 2 aromatic heterocycles. The van der Waals surface area contributed by atoms with E-state index in [0.29, 0.717) is 16.3 Å². The first-order chi connectivity index (χ1) is 13.6. The minimum atomic E-state index is -0.215. The van der Waals surface area contributed by atoms with Gasteiger partial charge in [-0.25, -0.2) is 4.98 Å². The number of rotatable bonds is 4. The number of anilines is 2. The van der Waals surface area contributed by atoms with E-state index in [4.69, 9.17) is 16.3 Å². The molecule has 0 saturated carbocycles. The number of hydrogen-bond acceptors (Lipinski definition) is 5. The number of nitrogens with zero attached hydrogens (tertiary/aromatic N) is 2. The van der Waals surface area contributed by atoms with Crippen molar-refractivity contribution in [3.63, 3.8) is 0 Å². The highest BCUT2D eigenvalue weighted by atomic mass is 35.5. The number of carbonyl (C=O) groups is 1. The van der Waals surface area contributed by atoms with Gasteiger partial charge in [0, 0.05) is 30.0 Å². The van der Waals surface area contributed by atoms with Crippen LogP contribution < -0.4 is 10.2 Å². The third-order valence-corrected chi connectivity index (χ3v) is 5.53. The molecule has 2 atom stereocenters. The Hall–Kier alpha value is -2.41. The fourth-order valence-corrected chi connectivity index (χ4v) is 4.15. The van der Waals surface area contributed by atoms with Crippen molar-refractivity contribution in [2.24, 2.45) is 0 Å². The third kappa shape index (κ3) is 4.35. The molecule has 1 fully saturated rings. The predicted octanol–water partition coefficient (Wildman–Crippen LogP) is 5.02. The molecule has 1 saturated heterocycles. The normalized spacial score (nSPS) is 19.4. The van der Waals surface area contributed by atoms with Crippen molar-refractivity contribution < 1.29 is 9.53 Å². The molecular formula is C21H20ClN3O2S. The minimum Gasteiger partial charge on any atom is -0.367 e. The quantitative estimate of drug-likeness (QED) is 0.652. The lowest BCUT2D eigenvalue weighted by atomic mass is 10.1. The van der Waals surface area contributed by atoms with Crippen LogP contribution in [0.3, 0.4) is 0 Å². The molecule has 0 spiro atoms. The van der Waals surface area contributed by atoms with E-state index in [1.807, 2.05) is 6.07 Å². The average molecular weight is 414 g/mol. The standard InChI is InChI=1S/C21H20ClN3O2S/c1-14-11-25(12-19(27-14)16-7-8-28-13-16)20-6-5-15(10-23-20)21(26)24-18-4-2-3-17(22)9-18/h2-10,13-14,19H,11-12H2,1H3,(H,24,26). The molecular weight excluding hydrogens is 394 g/mol. The fourth-order valence-electron chi connectivity index (χ4n) is 3.26. The first-order valence-electron chi connectivity index (χ1n) is 9.04. The molecule has 1 aromatic carbocycles. The zero-order chi connectivity index (χ0) is 19.5. The smallest absolute Gasteiger partial charge is 0.257 e. The Kier molecular flexibility index (Phi) is 5.62. The van der Waals surface area contributed by atoms with Gasteiger partial charge in [-0.1, -0.05) is 17.7 Å². The van der Waals surface area contributed by atoms with Crippen LogP contribution in [0.2, 0.25) is 5.02 Å². The number of hydrogen-bond donors (Lipinski definition) is 1. The van der Waals surface area contributed by atoms with Crippen LogP contribution in [0, 0.1) is 0 Å². The van der Waals surface area contributed by atoms with E-state index in [1.165, 1.54) is 5.56 Å². The molecule has 1 aliphatic heterocycles. The lowest BCUT2D eigenvalue weighted by Crippen LogP contribution is -2.43. The maximum absolute atomic E-state index is 12.4. The largest absolute Gasteiger partial charge is 0.367 e. The maximum Gasteiger partial charge on any atom is 0.257 e. The van der Waals surface area contributed by atoms with Crippen molar-refractivity contribution in [3.8, 4) is 0 Å². The molecule has 0 bridgehead atoms. The molecule has 7 heteroatoms. The first kappa shape index (κ1) is 18.9. The number of morpholine rings is 1. The summed E-state index contributed by atoms with van der Waals surface area (Å²) in [6.45, 7) is 3.57. The van der Waals surface area contributed by atoms with Crippen molar-refractivity contribution in [2.45, 2.75) is 19.1 Å². The number of carbonyl (C=O) groups excluding carboxylic acids is 1. The zero-order valence-electron chi connectivity index (χ0n) is 15.3. The van der Waals surface area contributed by atoms with Crippen molar-refractivity contribution in [3.05, 3.63) is 75.6 Å². The summed E-state index contributed by atoms with van der Waals surface area (Å²) >= 11 is 7.63. The number of pyridine rings is 1. The van der Waals surface area contributed by atoms with Gasteiger partial charge in [0.15, 0.2) is 0 Å². The molecule has 1 amide bonds. The van der Waals surface area contributed by atoms with Gasteiger partial charge in [-0.3, -0.25) is 4.79 Å². The summed E-state index contributed by atoms with van der Waals surface area (Å²) in [5.74, 6) is 0.627. The van der Waals surface area contributed by atoms with Crippen LogP contribution in [0.1, 0.15) is 28.9 Å². The molecule has 4 rings (SSSR count). The van der Waals surface area contributed by atoms with Gasteiger partial charge in [0.2, 0.25) is 0 Å². The summed E-state index contributed by atoms with van der Waals surface area (Å²) in [6, 6.07) is 12.8. The Morgan fingerprint density at radius 2 is 2.18 bits per heavy atom. The second kappa shape index (κ2) is 8.31. The van der Waals surface area contributed by atoms with Gasteiger partial charge in [0.1, 0.15) is 11.9 Å². The lowest BCUT2D eigenvalue weighted by Gasteiger charge is -2.37. The van der Waals surface area contributed by atoms with E-state index in [1.54, 1.807) is 47.9 Å². The summed E-state index contributed by atoms with van der Waals surface area (Å²) in [4.78, 5) is 19.2. The minimum absolute atomic E-state index is 0.0302. The maximum atomic E-state index is 12.4. The van der Waals surface area contributed by atoms with Gasteiger partial charge in [-0.05, 0) is 59.6 Å². The number of aromatic nitrogens is 1. The summed E-state index contributed by atoms with van der Waals surface area (Å²) in [5.41, 5.74) is 2.35. The van der Waals surface area contributed by atoms with Gasteiger partial charge in [-0.2, -0.15) is 11.3 Å². The summed E-state index contributed by atoms with van der Waals surface area (Å²) < 4.78 is 6.08. The predicted molar refractivity (Wildman–Crippen MR) is 113 cm³/mol. The van der Waals surface area contributed by atoms with Crippen LogP contribution >= 0.6 is 22.9 Å². The lowest BCUT2D eigenvalue weighted by molar-refractivity contribution is -0.0174. The van der Waals surface area contributed by atoms with E-state index < -0.39 is 0 Å². The second-order valence-corrected chi connectivity index (χ2v) is 7.98. The van der Waals surface area contributed by atoms with Crippen LogP contribution in [0.4, 0.5) is 11.5 Å².